The summed E-state index contributed by atoms with van der Waals surface area (Å²) in [5.74, 6) is 0.744. The molecule has 0 radical (unpaired) electrons. The van der Waals surface area contributed by atoms with Gasteiger partial charge in [-0.15, -0.1) is 0 Å². The van der Waals surface area contributed by atoms with Crippen molar-refractivity contribution in [3.05, 3.63) is 187 Å². The summed E-state index contributed by atoms with van der Waals surface area (Å²) in [4.78, 5) is 10.5. The Morgan fingerprint density at radius 1 is 0.444 bits per heavy atom. The van der Waals surface area contributed by atoms with Crippen LogP contribution in [0.4, 0.5) is 0 Å². The van der Waals surface area contributed by atoms with Gasteiger partial charge in [0.15, 0.2) is 5.82 Å². The van der Waals surface area contributed by atoms with Crippen LogP contribution in [-0.2, 0) is 5.41 Å². The molecule has 54 heavy (non-hydrogen) atoms. The smallest absolute Gasteiger partial charge is 0.161 e. The molecule has 260 valence electrons. The van der Waals surface area contributed by atoms with Crippen LogP contribution in [0.15, 0.2) is 170 Å². The first kappa shape index (κ1) is 32.5. The lowest BCUT2D eigenvalue weighted by atomic mass is 9.68. The Kier molecular flexibility index (Phi) is 8.25. The Bertz CT molecular complexity index is 2500. The predicted octanol–water partition coefficient (Wildman–Crippen LogP) is 13.8. The number of rotatable bonds is 6. The van der Waals surface area contributed by atoms with Crippen molar-refractivity contribution >= 4 is 5.57 Å². The summed E-state index contributed by atoms with van der Waals surface area (Å²) in [7, 11) is 0. The third-order valence-electron chi connectivity index (χ3n) is 12.0. The summed E-state index contributed by atoms with van der Waals surface area (Å²) >= 11 is 0. The van der Waals surface area contributed by atoms with Crippen LogP contribution in [0, 0.1) is 0 Å². The summed E-state index contributed by atoms with van der Waals surface area (Å²) in [6.07, 6.45) is 15.2. The van der Waals surface area contributed by atoms with Crippen LogP contribution in [0.1, 0.15) is 61.6 Å². The van der Waals surface area contributed by atoms with Gasteiger partial charge in [0.25, 0.3) is 0 Å². The Morgan fingerprint density at radius 2 is 1.06 bits per heavy atom. The van der Waals surface area contributed by atoms with Gasteiger partial charge in [-0.25, -0.2) is 9.97 Å². The van der Waals surface area contributed by atoms with Gasteiger partial charge in [-0.3, -0.25) is 0 Å². The standard InChI is InChI=1S/C52H42N2/c1-5-16-38(17-6-1)48-35-49(39-18-7-2-8-19-39)54-51(53-48)44-24-15-23-42(50(44)40-20-9-3-10-21-40)37-28-26-36(27-29-37)41-30-31-47-45(34-41)43-22-11-12-25-46(43)52(47)32-13-4-14-33-52/h1-3,5-9,11-12,15-20,22-31,34-35H,4,10,13-14,21,32-33H2. The van der Waals surface area contributed by atoms with E-state index in [9.17, 15) is 0 Å². The topological polar surface area (TPSA) is 25.8 Å². The minimum Gasteiger partial charge on any atom is -0.228 e. The molecule has 1 heterocycles. The Labute approximate surface area is 318 Å². The molecule has 0 amide bonds. The van der Waals surface area contributed by atoms with Crippen LogP contribution in [0.2, 0.25) is 0 Å². The van der Waals surface area contributed by atoms with Crippen molar-refractivity contribution in [2.24, 2.45) is 0 Å². The van der Waals surface area contributed by atoms with E-state index in [4.69, 9.17) is 9.97 Å². The lowest BCUT2D eigenvalue weighted by Crippen LogP contribution is -2.27. The number of hydrogen-bond acceptors (Lipinski definition) is 2. The highest BCUT2D eigenvalue weighted by Crippen LogP contribution is 2.56. The van der Waals surface area contributed by atoms with Gasteiger partial charge in [0.05, 0.1) is 11.4 Å². The molecule has 0 unspecified atom stereocenters. The van der Waals surface area contributed by atoms with Crippen molar-refractivity contribution in [1.82, 2.24) is 9.97 Å². The quantitative estimate of drug-likeness (QED) is 0.173. The molecule has 2 heteroatoms. The molecule has 0 bridgehead atoms. The van der Waals surface area contributed by atoms with Crippen LogP contribution < -0.4 is 0 Å². The monoisotopic (exact) mass is 694 g/mol. The minimum absolute atomic E-state index is 0.184. The first-order valence-corrected chi connectivity index (χ1v) is 19.6. The van der Waals surface area contributed by atoms with Gasteiger partial charge in [0.2, 0.25) is 0 Å². The number of fused-ring (bicyclic) bond motifs is 5. The van der Waals surface area contributed by atoms with Crippen molar-refractivity contribution in [2.45, 2.75) is 50.4 Å². The van der Waals surface area contributed by atoms with Crippen LogP contribution in [0.25, 0.3) is 72.9 Å². The maximum atomic E-state index is 5.26. The first-order valence-electron chi connectivity index (χ1n) is 19.6. The summed E-state index contributed by atoms with van der Waals surface area (Å²) in [5, 5.41) is 0. The highest BCUT2D eigenvalue weighted by molar-refractivity contribution is 5.92. The van der Waals surface area contributed by atoms with Gasteiger partial charge in [-0.1, -0.05) is 177 Å². The van der Waals surface area contributed by atoms with E-state index in [0.29, 0.717) is 0 Å². The summed E-state index contributed by atoms with van der Waals surface area (Å²) < 4.78 is 0. The van der Waals surface area contributed by atoms with E-state index in [1.165, 1.54) is 82.2 Å². The number of benzene rings is 6. The first-order chi connectivity index (χ1) is 26.7. The molecule has 0 saturated heterocycles. The molecule has 1 fully saturated rings. The average Bonchev–Trinajstić information content (AvgIpc) is 3.52. The maximum absolute atomic E-state index is 5.26. The second kappa shape index (κ2) is 13.7. The van der Waals surface area contributed by atoms with Crippen LogP contribution in [-0.4, -0.2) is 9.97 Å². The molecule has 6 aromatic carbocycles. The maximum Gasteiger partial charge on any atom is 0.161 e. The molecule has 2 nitrogen and oxygen atoms in total. The molecule has 1 saturated carbocycles. The van der Waals surface area contributed by atoms with Gasteiger partial charge in [0.1, 0.15) is 0 Å². The molecular weight excluding hydrogens is 653 g/mol. The fraction of sp³-hybridized carbons (Fsp3) is 0.154. The summed E-state index contributed by atoms with van der Waals surface area (Å²) in [6, 6.07) is 55.3. The fourth-order valence-electron chi connectivity index (χ4n) is 9.40. The van der Waals surface area contributed by atoms with E-state index in [2.05, 4.69) is 170 Å². The lowest BCUT2D eigenvalue weighted by Gasteiger charge is -2.36. The van der Waals surface area contributed by atoms with E-state index < -0.39 is 0 Å². The van der Waals surface area contributed by atoms with E-state index in [0.717, 1.165) is 46.7 Å². The van der Waals surface area contributed by atoms with Crippen LogP contribution in [0.5, 0.6) is 0 Å². The Hall–Kier alpha value is -6.12. The third kappa shape index (κ3) is 5.65. The number of allylic oxidation sites excluding steroid dienone is 4. The molecule has 3 aliphatic rings. The van der Waals surface area contributed by atoms with Gasteiger partial charge in [-0.2, -0.15) is 0 Å². The van der Waals surface area contributed by atoms with E-state index in [1.54, 1.807) is 5.56 Å². The normalized spacial score (nSPS) is 15.4. The largest absolute Gasteiger partial charge is 0.228 e. The zero-order chi connectivity index (χ0) is 35.9. The molecule has 3 aliphatic carbocycles. The van der Waals surface area contributed by atoms with Crippen molar-refractivity contribution in [2.75, 3.05) is 0 Å². The Morgan fingerprint density at radius 3 is 1.76 bits per heavy atom. The summed E-state index contributed by atoms with van der Waals surface area (Å²) in [5.41, 5.74) is 18.6. The lowest BCUT2D eigenvalue weighted by molar-refractivity contribution is 0.353. The third-order valence-corrected chi connectivity index (χ3v) is 12.0. The molecule has 1 spiro atoms. The van der Waals surface area contributed by atoms with Crippen molar-refractivity contribution in [1.29, 1.82) is 0 Å². The van der Waals surface area contributed by atoms with E-state index in [-0.39, 0.29) is 5.41 Å². The number of aromatic nitrogens is 2. The molecule has 10 rings (SSSR count). The van der Waals surface area contributed by atoms with Gasteiger partial charge in [0, 0.05) is 22.1 Å². The highest BCUT2D eigenvalue weighted by Gasteiger charge is 2.43. The minimum atomic E-state index is 0.184. The second-order valence-electron chi connectivity index (χ2n) is 15.1. The van der Waals surface area contributed by atoms with Crippen molar-refractivity contribution in [3.63, 3.8) is 0 Å². The van der Waals surface area contributed by atoms with E-state index >= 15 is 0 Å². The molecular formula is C52H42N2. The molecule has 0 atom stereocenters. The van der Waals surface area contributed by atoms with Crippen molar-refractivity contribution < 1.29 is 0 Å². The fourth-order valence-corrected chi connectivity index (χ4v) is 9.40. The molecule has 0 aliphatic heterocycles. The van der Waals surface area contributed by atoms with E-state index in [1.807, 2.05) is 0 Å². The highest BCUT2D eigenvalue weighted by atomic mass is 14.9. The van der Waals surface area contributed by atoms with Gasteiger partial charge < -0.3 is 0 Å². The average molecular weight is 695 g/mol. The predicted molar refractivity (Wildman–Crippen MR) is 225 cm³/mol. The van der Waals surface area contributed by atoms with Crippen LogP contribution in [0.3, 0.4) is 0 Å². The SMILES string of the molecule is C1=CCCC(c2c(-c3ccc(-c4ccc5c(c4)-c4ccccc4C54CCCCC4)cc3)cccc2-c2nc(-c3ccccc3)cc(-c3ccccc3)n2)=C1. The molecule has 0 N–H and O–H groups in total. The van der Waals surface area contributed by atoms with Crippen LogP contribution >= 0.6 is 0 Å². The second-order valence-corrected chi connectivity index (χ2v) is 15.1. The van der Waals surface area contributed by atoms with Gasteiger partial charge in [-0.05, 0) is 93.5 Å². The Balaban J connectivity index is 1.08. The number of nitrogens with zero attached hydrogens (tertiary/aromatic N) is 2. The summed E-state index contributed by atoms with van der Waals surface area (Å²) in [6.45, 7) is 0. The molecule has 1 aromatic heterocycles. The zero-order valence-electron chi connectivity index (χ0n) is 30.5. The number of hydrogen-bond donors (Lipinski definition) is 0. The molecule has 7 aromatic rings. The zero-order valence-corrected chi connectivity index (χ0v) is 30.5. The van der Waals surface area contributed by atoms with Crippen molar-refractivity contribution in [3.8, 4) is 67.3 Å². The van der Waals surface area contributed by atoms with Gasteiger partial charge >= 0.3 is 0 Å².